The zero-order chi connectivity index (χ0) is 17.1. The Hall–Kier alpha value is -2.21. The minimum atomic E-state index is -0.253. The molecule has 2 N–H and O–H groups in total. The molecule has 0 aliphatic carbocycles. The molecule has 2 heterocycles. The number of H-pyrrole nitrogens is 1. The highest BCUT2D eigenvalue weighted by Gasteiger charge is 2.16. The predicted octanol–water partition coefficient (Wildman–Crippen LogP) is 4.00. The molecule has 6 heteroatoms. The van der Waals surface area contributed by atoms with E-state index in [1.807, 2.05) is 13.1 Å². The van der Waals surface area contributed by atoms with E-state index in [-0.39, 0.29) is 11.7 Å². The van der Waals surface area contributed by atoms with Crippen LogP contribution in [0.4, 0.5) is 4.39 Å². The number of aromatic amines is 1. The van der Waals surface area contributed by atoms with Crippen LogP contribution in [0.25, 0.3) is 10.9 Å². The Morgan fingerprint density at radius 1 is 1.38 bits per heavy atom. The number of hydrogen-bond donors (Lipinski definition) is 2. The standard InChI is InChI=1S/C18H20FN3OS/c1-3-4-16-17(24-11(2)22-16)18(23)20-8-7-12-10-21-15-6-5-13(19)9-14(12)15/h5-6,9-10,21H,3-4,7-8H2,1-2H3,(H,20,23). The minimum Gasteiger partial charge on any atom is -0.361 e. The summed E-state index contributed by atoms with van der Waals surface area (Å²) in [7, 11) is 0. The first-order valence-corrected chi connectivity index (χ1v) is 8.90. The largest absolute Gasteiger partial charge is 0.361 e. The number of hydrogen-bond acceptors (Lipinski definition) is 3. The van der Waals surface area contributed by atoms with Crippen LogP contribution in [0.15, 0.2) is 24.4 Å². The van der Waals surface area contributed by atoms with E-state index in [4.69, 9.17) is 0 Å². The van der Waals surface area contributed by atoms with E-state index in [0.29, 0.717) is 17.8 Å². The molecule has 126 valence electrons. The Labute approximate surface area is 144 Å². The number of nitrogens with zero attached hydrogens (tertiary/aromatic N) is 1. The summed E-state index contributed by atoms with van der Waals surface area (Å²) in [6.45, 7) is 4.50. The molecule has 0 aliphatic heterocycles. The second-order valence-electron chi connectivity index (χ2n) is 5.77. The lowest BCUT2D eigenvalue weighted by atomic mass is 10.1. The van der Waals surface area contributed by atoms with E-state index < -0.39 is 0 Å². The first kappa shape index (κ1) is 16.6. The normalized spacial score (nSPS) is 11.1. The molecule has 0 fully saturated rings. The summed E-state index contributed by atoms with van der Waals surface area (Å²) in [5.41, 5.74) is 2.78. The van der Waals surface area contributed by atoms with Gasteiger partial charge in [0.05, 0.1) is 10.7 Å². The number of carbonyl (C=O) groups is 1. The molecule has 0 aliphatic rings. The lowest BCUT2D eigenvalue weighted by molar-refractivity contribution is 0.0957. The van der Waals surface area contributed by atoms with Crippen LogP contribution in [0.3, 0.4) is 0 Å². The number of aromatic nitrogens is 2. The molecule has 0 spiro atoms. The van der Waals surface area contributed by atoms with Gasteiger partial charge in [-0.2, -0.15) is 0 Å². The summed E-state index contributed by atoms with van der Waals surface area (Å²) in [5.74, 6) is -0.327. The van der Waals surface area contributed by atoms with Crippen molar-refractivity contribution in [1.82, 2.24) is 15.3 Å². The number of rotatable bonds is 6. The van der Waals surface area contributed by atoms with Gasteiger partial charge in [-0.05, 0) is 43.5 Å². The highest BCUT2D eigenvalue weighted by Crippen LogP contribution is 2.21. The molecule has 3 rings (SSSR count). The van der Waals surface area contributed by atoms with Gasteiger partial charge in [0, 0.05) is 23.6 Å². The maximum absolute atomic E-state index is 13.4. The third kappa shape index (κ3) is 3.48. The van der Waals surface area contributed by atoms with Crippen molar-refractivity contribution in [3.8, 4) is 0 Å². The van der Waals surface area contributed by atoms with E-state index in [1.54, 1.807) is 6.07 Å². The third-order valence-electron chi connectivity index (χ3n) is 3.91. The van der Waals surface area contributed by atoms with Crippen LogP contribution in [0.5, 0.6) is 0 Å². The fraction of sp³-hybridized carbons (Fsp3) is 0.333. The number of aryl methyl sites for hydroxylation is 2. The number of benzene rings is 1. The Morgan fingerprint density at radius 3 is 3.00 bits per heavy atom. The van der Waals surface area contributed by atoms with Gasteiger partial charge in [-0.3, -0.25) is 4.79 Å². The lowest BCUT2D eigenvalue weighted by Gasteiger charge is -2.05. The molecule has 24 heavy (non-hydrogen) atoms. The van der Waals surface area contributed by atoms with E-state index in [9.17, 15) is 9.18 Å². The van der Waals surface area contributed by atoms with E-state index in [1.165, 1.54) is 23.5 Å². The highest BCUT2D eigenvalue weighted by atomic mass is 32.1. The van der Waals surface area contributed by atoms with Gasteiger partial charge in [0.1, 0.15) is 10.7 Å². The number of amides is 1. The van der Waals surface area contributed by atoms with Gasteiger partial charge >= 0.3 is 0 Å². The summed E-state index contributed by atoms with van der Waals surface area (Å²) < 4.78 is 13.4. The summed E-state index contributed by atoms with van der Waals surface area (Å²) in [4.78, 5) is 20.7. The van der Waals surface area contributed by atoms with E-state index >= 15 is 0 Å². The van der Waals surface area contributed by atoms with Gasteiger partial charge in [-0.15, -0.1) is 11.3 Å². The second-order valence-corrected chi connectivity index (χ2v) is 6.97. The SMILES string of the molecule is CCCc1nc(C)sc1C(=O)NCCc1c[nH]c2ccc(F)cc12. The molecule has 0 atom stereocenters. The molecule has 0 radical (unpaired) electrons. The Balaban J connectivity index is 1.65. The average Bonchev–Trinajstić information content (AvgIpc) is 3.11. The van der Waals surface area contributed by atoms with Crippen LogP contribution in [0.2, 0.25) is 0 Å². The van der Waals surface area contributed by atoms with Crippen molar-refractivity contribution >= 4 is 28.1 Å². The molecular formula is C18H20FN3OS. The van der Waals surface area contributed by atoms with Crippen molar-refractivity contribution in [2.24, 2.45) is 0 Å². The monoisotopic (exact) mass is 345 g/mol. The maximum Gasteiger partial charge on any atom is 0.263 e. The summed E-state index contributed by atoms with van der Waals surface area (Å²) in [5, 5.41) is 4.73. The number of halogens is 1. The molecule has 1 amide bonds. The maximum atomic E-state index is 13.4. The van der Waals surface area contributed by atoms with Crippen molar-refractivity contribution < 1.29 is 9.18 Å². The van der Waals surface area contributed by atoms with Gasteiger partial charge in [-0.1, -0.05) is 13.3 Å². The minimum absolute atomic E-state index is 0.0740. The Kier molecular flexibility index (Phi) is 4.94. The van der Waals surface area contributed by atoms with Gasteiger partial charge in [-0.25, -0.2) is 9.37 Å². The van der Waals surface area contributed by atoms with Crippen molar-refractivity contribution in [2.75, 3.05) is 6.54 Å². The zero-order valence-electron chi connectivity index (χ0n) is 13.8. The van der Waals surface area contributed by atoms with Crippen molar-refractivity contribution in [3.05, 3.63) is 51.4 Å². The number of fused-ring (bicyclic) bond motifs is 1. The fourth-order valence-electron chi connectivity index (χ4n) is 2.80. The number of thiazole rings is 1. The van der Waals surface area contributed by atoms with Crippen molar-refractivity contribution in [2.45, 2.75) is 33.1 Å². The van der Waals surface area contributed by atoms with Gasteiger partial charge in [0.15, 0.2) is 0 Å². The van der Waals surface area contributed by atoms with Crippen LogP contribution >= 0.6 is 11.3 Å². The molecule has 1 aromatic carbocycles. The molecule has 4 nitrogen and oxygen atoms in total. The Morgan fingerprint density at radius 2 is 2.21 bits per heavy atom. The first-order valence-electron chi connectivity index (χ1n) is 8.08. The number of nitrogens with one attached hydrogen (secondary N) is 2. The topological polar surface area (TPSA) is 57.8 Å². The zero-order valence-corrected chi connectivity index (χ0v) is 14.6. The van der Waals surface area contributed by atoms with Crippen LogP contribution in [0.1, 0.15) is 39.3 Å². The second kappa shape index (κ2) is 7.13. The molecule has 0 bridgehead atoms. The van der Waals surface area contributed by atoms with Crippen LogP contribution in [0, 0.1) is 12.7 Å². The van der Waals surface area contributed by atoms with Crippen molar-refractivity contribution in [3.63, 3.8) is 0 Å². The molecule has 0 unspecified atom stereocenters. The van der Waals surface area contributed by atoms with Crippen LogP contribution in [-0.4, -0.2) is 22.4 Å². The average molecular weight is 345 g/mol. The van der Waals surface area contributed by atoms with Crippen LogP contribution in [-0.2, 0) is 12.8 Å². The molecule has 2 aromatic heterocycles. The molecule has 0 saturated carbocycles. The van der Waals surface area contributed by atoms with Crippen molar-refractivity contribution in [1.29, 1.82) is 0 Å². The third-order valence-corrected chi connectivity index (χ3v) is 4.92. The predicted molar refractivity (Wildman–Crippen MR) is 95.1 cm³/mol. The van der Waals surface area contributed by atoms with E-state index in [2.05, 4.69) is 22.2 Å². The lowest BCUT2D eigenvalue weighted by Crippen LogP contribution is -2.25. The molecule has 3 aromatic rings. The van der Waals surface area contributed by atoms with Gasteiger partial charge < -0.3 is 10.3 Å². The molecule has 0 saturated heterocycles. The summed E-state index contributed by atoms with van der Waals surface area (Å²) in [6.07, 6.45) is 4.30. The molecular weight excluding hydrogens is 325 g/mol. The highest BCUT2D eigenvalue weighted by molar-refractivity contribution is 7.13. The summed E-state index contributed by atoms with van der Waals surface area (Å²) in [6, 6.07) is 4.69. The van der Waals surface area contributed by atoms with Gasteiger partial charge in [0.25, 0.3) is 5.91 Å². The Bertz CT molecular complexity index is 868. The van der Waals surface area contributed by atoms with Gasteiger partial charge in [0.2, 0.25) is 0 Å². The fourth-order valence-corrected chi connectivity index (χ4v) is 3.68. The number of carbonyl (C=O) groups excluding carboxylic acids is 1. The smallest absolute Gasteiger partial charge is 0.263 e. The first-order chi connectivity index (χ1) is 11.6. The van der Waals surface area contributed by atoms with Crippen LogP contribution < -0.4 is 5.32 Å². The summed E-state index contributed by atoms with van der Waals surface area (Å²) >= 11 is 1.44. The quantitative estimate of drug-likeness (QED) is 0.709. The van der Waals surface area contributed by atoms with E-state index in [0.717, 1.165) is 40.0 Å².